The molecule has 2 N–H and O–H groups in total. The number of amides is 2. The molecule has 2 fully saturated rings. The van der Waals surface area contributed by atoms with Crippen LogP contribution in [0, 0.1) is 0 Å². The van der Waals surface area contributed by atoms with E-state index in [2.05, 4.69) is 0 Å². The van der Waals surface area contributed by atoms with Gasteiger partial charge in [-0.2, -0.15) is 0 Å². The molecule has 1 heterocycles. The third kappa shape index (κ3) is 3.91. The van der Waals surface area contributed by atoms with E-state index in [0.29, 0.717) is 30.3 Å². The van der Waals surface area contributed by atoms with E-state index in [1.807, 2.05) is 4.90 Å². The summed E-state index contributed by atoms with van der Waals surface area (Å²) >= 11 is 0. The van der Waals surface area contributed by atoms with Gasteiger partial charge >= 0.3 is 0 Å². The maximum absolute atomic E-state index is 12.6. The highest BCUT2D eigenvalue weighted by Crippen LogP contribution is 2.25. The van der Waals surface area contributed by atoms with Crippen LogP contribution < -0.4 is 5.73 Å². The fourth-order valence-corrected chi connectivity index (χ4v) is 3.48. The fraction of sp³-hybridized carbons (Fsp3) is 0.556. The van der Waals surface area contributed by atoms with E-state index >= 15 is 0 Å². The SMILES string of the molecule is NC(=O)c1cccc(C(=O)N2CCC(OC3CCCC3)CC2)c1. The number of hydrogen-bond acceptors (Lipinski definition) is 3. The highest BCUT2D eigenvalue weighted by molar-refractivity contribution is 5.99. The van der Waals surface area contributed by atoms with Crippen molar-refractivity contribution in [3.05, 3.63) is 35.4 Å². The van der Waals surface area contributed by atoms with Crippen LogP contribution in [-0.4, -0.2) is 42.0 Å². The summed E-state index contributed by atoms with van der Waals surface area (Å²) in [5, 5.41) is 0. The summed E-state index contributed by atoms with van der Waals surface area (Å²) in [5.41, 5.74) is 6.17. The van der Waals surface area contributed by atoms with Gasteiger partial charge in [-0.05, 0) is 43.9 Å². The molecule has 0 spiro atoms. The number of likely N-dealkylation sites (tertiary alicyclic amines) is 1. The number of primary amides is 1. The number of hydrogen-bond donors (Lipinski definition) is 1. The quantitative estimate of drug-likeness (QED) is 0.926. The van der Waals surface area contributed by atoms with Crippen LogP contribution in [0.2, 0.25) is 0 Å². The maximum atomic E-state index is 12.6. The van der Waals surface area contributed by atoms with Crippen LogP contribution in [0.4, 0.5) is 0 Å². The smallest absolute Gasteiger partial charge is 0.253 e. The zero-order valence-corrected chi connectivity index (χ0v) is 13.4. The molecule has 124 valence electrons. The van der Waals surface area contributed by atoms with Gasteiger partial charge in [0.05, 0.1) is 12.2 Å². The Kier molecular flexibility index (Phi) is 4.96. The van der Waals surface area contributed by atoms with Gasteiger partial charge in [-0.1, -0.05) is 18.9 Å². The molecule has 2 amide bonds. The molecule has 1 aromatic carbocycles. The Morgan fingerprint density at radius 3 is 2.26 bits per heavy atom. The maximum Gasteiger partial charge on any atom is 0.253 e. The van der Waals surface area contributed by atoms with E-state index in [0.717, 1.165) is 12.8 Å². The molecule has 3 rings (SSSR count). The number of carbonyl (C=O) groups is 2. The Labute approximate surface area is 136 Å². The van der Waals surface area contributed by atoms with Gasteiger partial charge in [0.25, 0.3) is 5.91 Å². The Balaban J connectivity index is 1.55. The third-order valence-electron chi connectivity index (χ3n) is 4.81. The van der Waals surface area contributed by atoms with Crippen LogP contribution in [-0.2, 0) is 4.74 Å². The molecule has 1 aliphatic heterocycles. The minimum atomic E-state index is -0.511. The van der Waals surface area contributed by atoms with Crippen molar-refractivity contribution >= 4 is 11.8 Å². The minimum Gasteiger partial charge on any atom is -0.375 e. The first-order chi connectivity index (χ1) is 11.1. The standard InChI is InChI=1S/C18H24N2O3/c19-17(21)13-4-3-5-14(12-13)18(22)20-10-8-16(9-11-20)23-15-6-1-2-7-15/h3-5,12,15-16H,1-2,6-11H2,(H2,19,21). The second-order valence-corrected chi connectivity index (χ2v) is 6.48. The zero-order chi connectivity index (χ0) is 16.2. The van der Waals surface area contributed by atoms with Crippen LogP contribution in [0.25, 0.3) is 0 Å². The lowest BCUT2D eigenvalue weighted by Gasteiger charge is -2.33. The first-order valence-corrected chi connectivity index (χ1v) is 8.48. The molecule has 0 unspecified atom stereocenters. The molecule has 1 aliphatic carbocycles. The molecular formula is C18H24N2O3. The van der Waals surface area contributed by atoms with Crippen molar-refractivity contribution in [1.29, 1.82) is 0 Å². The van der Waals surface area contributed by atoms with E-state index in [1.165, 1.54) is 25.7 Å². The average molecular weight is 316 g/mol. The second-order valence-electron chi connectivity index (χ2n) is 6.48. The van der Waals surface area contributed by atoms with Crippen molar-refractivity contribution in [3.63, 3.8) is 0 Å². The highest BCUT2D eigenvalue weighted by atomic mass is 16.5. The topological polar surface area (TPSA) is 72.6 Å². The van der Waals surface area contributed by atoms with E-state index in [4.69, 9.17) is 10.5 Å². The average Bonchev–Trinajstić information content (AvgIpc) is 3.08. The molecule has 0 bridgehead atoms. The number of rotatable bonds is 4. The fourth-order valence-electron chi connectivity index (χ4n) is 3.48. The lowest BCUT2D eigenvalue weighted by Crippen LogP contribution is -2.41. The van der Waals surface area contributed by atoms with Crippen LogP contribution in [0.1, 0.15) is 59.2 Å². The molecular weight excluding hydrogens is 292 g/mol. The van der Waals surface area contributed by atoms with Gasteiger partial charge in [0.1, 0.15) is 0 Å². The van der Waals surface area contributed by atoms with Crippen LogP contribution in [0.3, 0.4) is 0 Å². The Hall–Kier alpha value is -1.88. The second kappa shape index (κ2) is 7.13. The van der Waals surface area contributed by atoms with E-state index in [9.17, 15) is 9.59 Å². The number of nitrogens with two attached hydrogens (primary N) is 1. The summed E-state index contributed by atoms with van der Waals surface area (Å²) in [6.45, 7) is 1.41. The van der Waals surface area contributed by atoms with Gasteiger partial charge in [-0.25, -0.2) is 0 Å². The minimum absolute atomic E-state index is 0.0348. The third-order valence-corrected chi connectivity index (χ3v) is 4.81. The largest absolute Gasteiger partial charge is 0.375 e. The number of ether oxygens (including phenoxy) is 1. The number of benzene rings is 1. The van der Waals surface area contributed by atoms with Crippen molar-refractivity contribution in [3.8, 4) is 0 Å². The molecule has 5 nitrogen and oxygen atoms in total. The van der Waals surface area contributed by atoms with Gasteiger partial charge < -0.3 is 15.4 Å². The number of piperidine rings is 1. The van der Waals surface area contributed by atoms with Crippen molar-refractivity contribution in [2.24, 2.45) is 5.73 Å². The molecule has 2 aliphatic rings. The van der Waals surface area contributed by atoms with Gasteiger partial charge in [0.2, 0.25) is 5.91 Å². The lowest BCUT2D eigenvalue weighted by molar-refractivity contribution is -0.0357. The summed E-state index contributed by atoms with van der Waals surface area (Å²) in [4.78, 5) is 25.6. The van der Waals surface area contributed by atoms with Crippen molar-refractivity contribution in [2.75, 3.05) is 13.1 Å². The Morgan fingerprint density at radius 2 is 1.61 bits per heavy atom. The predicted octanol–water partition coefficient (Wildman–Crippen LogP) is 2.35. The number of nitrogens with zero attached hydrogens (tertiary/aromatic N) is 1. The van der Waals surface area contributed by atoms with Crippen molar-refractivity contribution in [1.82, 2.24) is 4.90 Å². The summed E-state index contributed by atoms with van der Waals surface area (Å²) in [5.74, 6) is -0.546. The molecule has 1 saturated heterocycles. The van der Waals surface area contributed by atoms with E-state index in [1.54, 1.807) is 24.3 Å². The van der Waals surface area contributed by atoms with E-state index < -0.39 is 5.91 Å². The monoisotopic (exact) mass is 316 g/mol. The molecule has 1 aromatic rings. The number of carbonyl (C=O) groups excluding carboxylic acids is 2. The predicted molar refractivity (Wildman–Crippen MR) is 87.2 cm³/mol. The molecule has 23 heavy (non-hydrogen) atoms. The van der Waals surface area contributed by atoms with Gasteiger partial charge in [0, 0.05) is 24.2 Å². The van der Waals surface area contributed by atoms with Crippen LogP contribution >= 0.6 is 0 Å². The lowest BCUT2D eigenvalue weighted by atomic mass is 10.0. The summed E-state index contributed by atoms with van der Waals surface area (Å²) in [6, 6.07) is 6.63. The van der Waals surface area contributed by atoms with Gasteiger partial charge in [0.15, 0.2) is 0 Å². The first kappa shape index (κ1) is 16.0. The highest BCUT2D eigenvalue weighted by Gasteiger charge is 2.27. The molecule has 0 radical (unpaired) electrons. The summed E-state index contributed by atoms with van der Waals surface area (Å²) in [6.07, 6.45) is 7.39. The molecule has 1 saturated carbocycles. The first-order valence-electron chi connectivity index (χ1n) is 8.48. The van der Waals surface area contributed by atoms with Crippen LogP contribution in [0.5, 0.6) is 0 Å². The van der Waals surface area contributed by atoms with Crippen LogP contribution in [0.15, 0.2) is 24.3 Å². The normalized spacial score (nSPS) is 19.9. The van der Waals surface area contributed by atoms with Crippen molar-refractivity contribution < 1.29 is 14.3 Å². The summed E-state index contributed by atoms with van der Waals surface area (Å²) in [7, 11) is 0. The summed E-state index contributed by atoms with van der Waals surface area (Å²) < 4.78 is 6.14. The Bertz CT molecular complexity index is 573. The Morgan fingerprint density at radius 1 is 1.00 bits per heavy atom. The zero-order valence-electron chi connectivity index (χ0n) is 13.4. The molecule has 0 atom stereocenters. The molecule has 5 heteroatoms. The van der Waals surface area contributed by atoms with Crippen molar-refractivity contribution in [2.45, 2.75) is 50.7 Å². The molecule has 0 aromatic heterocycles. The van der Waals surface area contributed by atoms with Gasteiger partial charge in [-0.15, -0.1) is 0 Å². The van der Waals surface area contributed by atoms with Gasteiger partial charge in [-0.3, -0.25) is 9.59 Å². The van der Waals surface area contributed by atoms with E-state index in [-0.39, 0.29) is 12.0 Å².